The Labute approximate surface area is 118 Å². The van der Waals surface area contributed by atoms with Crippen LogP contribution in [0.25, 0.3) is 0 Å². The minimum Gasteiger partial charge on any atom is -0.337 e. The summed E-state index contributed by atoms with van der Waals surface area (Å²) in [5.41, 5.74) is 1.62. The fourth-order valence-corrected chi connectivity index (χ4v) is 2.85. The quantitative estimate of drug-likeness (QED) is 0.886. The molecular formula is C12H14BrN5O. The van der Waals surface area contributed by atoms with Crippen LogP contribution in [0.1, 0.15) is 34.9 Å². The molecule has 0 radical (unpaired) electrons. The smallest absolute Gasteiger partial charge is 0.273 e. The lowest BCUT2D eigenvalue weighted by Gasteiger charge is -2.32. The molecule has 1 fully saturated rings. The van der Waals surface area contributed by atoms with Crippen LogP contribution in [0, 0.1) is 0 Å². The highest BCUT2D eigenvalue weighted by Crippen LogP contribution is 2.26. The van der Waals surface area contributed by atoms with E-state index in [2.05, 4.69) is 36.3 Å². The van der Waals surface area contributed by atoms with Gasteiger partial charge < -0.3 is 4.90 Å². The lowest BCUT2D eigenvalue weighted by atomic mass is 9.95. The van der Waals surface area contributed by atoms with Crippen molar-refractivity contribution >= 4 is 21.8 Å². The Hall–Kier alpha value is -1.63. The van der Waals surface area contributed by atoms with Crippen molar-refractivity contribution in [3.05, 3.63) is 34.3 Å². The highest BCUT2D eigenvalue weighted by Gasteiger charge is 2.27. The SMILES string of the molecule is O=C(c1[nH]ncc1Br)N1CCCC(c2ccn[nH]2)C1. The second-order valence-electron chi connectivity index (χ2n) is 4.70. The van der Waals surface area contributed by atoms with Gasteiger partial charge in [-0.3, -0.25) is 15.0 Å². The van der Waals surface area contributed by atoms with Crippen LogP contribution in [-0.4, -0.2) is 44.3 Å². The van der Waals surface area contributed by atoms with Gasteiger partial charge >= 0.3 is 0 Å². The van der Waals surface area contributed by atoms with Crippen LogP contribution in [0.3, 0.4) is 0 Å². The van der Waals surface area contributed by atoms with Gasteiger partial charge in [0.25, 0.3) is 5.91 Å². The number of hydrogen-bond donors (Lipinski definition) is 2. The van der Waals surface area contributed by atoms with Gasteiger partial charge in [0.1, 0.15) is 5.69 Å². The summed E-state index contributed by atoms with van der Waals surface area (Å²) in [6, 6.07) is 1.98. The van der Waals surface area contributed by atoms with Gasteiger partial charge in [-0.2, -0.15) is 10.2 Å². The van der Waals surface area contributed by atoms with Crippen LogP contribution < -0.4 is 0 Å². The molecule has 6 nitrogen and oxygen atoms in total. The predicted octanol–water partition coefficient (Wildman–Crippen LogP) is 1.92. The van der Waals surface area contributed by atoms with Crippen molar-refractivity contribution in [2.45, 2.75) is 18.8 Å². The number of nitrogens with one attached hydrogen (secondary N) is 2. The first-order valence-corrected chi connectivity index (χ1v) is 7.02. The number of nitrogens with zero attached hydrogens (tertiary/aromatic N) is 3. The van der Waals surface area contributed by atoms with Crippen molar-refractivity contribution in [3.8, 4) is 0 Å². The number of aromatic nitrogens is 4. The lowest BCUT2D eigenvalue weighted by Crippen LogP contribution is -2.39. The van der Waals surface area contributed by atoms with E-state index in [0.29, 0.717) is 22.6 Å². The second-order valence-corrected chi connectivity index (χ2v) is 5.55. The van der Waals surface area contributed by atoms with Gasteiger partial charge in [-0.1, -0.05) is 0 Å². The van der Waals surface area contributed by atoms with E-state index in [1.54, 1.807) is 12.4 Å². The van der Waals surface area contributed by atoms with Gasteiger partial charge in [0.15, 0.2) is 0 Å². The lowest BCUT2D eigenvalue weighted by molar-refractivity contribution is 0.0699. The summed E-state index contributed by atoms with van der Waals surface area (Å²) in [5.74, 6) is 0.329. The fourth-order valence-electron chi connectivity index (χ4n) is 2.49. The largest absolute Gasteiger partial charge is 0.337 e. The molecule has 2 aromatic heterocycles. The first-order valence-electron chi connectivity index (χ1n) is 6.23. The first-order chi connectivity index (χ1) is 9.25. The summed E-state index contributed by atoms with van der Waals surface area (Å²) < 4.78 is 0.709. The van der Waals surface area contributed by atoms with Crippen LogP contribution in [0.2, 0.25) is 0 Å². The number of likely N-dealkylation sites (tertiary alicyclic amines) is 1. The molecule has 0 bridgehead atoms. The molecule has 1 amide bonds. The van der Waals surface area contributed by atoms with Crippen LogP contribution in [0.4, 0.5) is 0 Å². The summed E-state index contributed by atoms with van der Waals surface area (Å²) in [6.07, 6.45) is 5.43. The molecule has 1 unspecified atom stereocenters. The number of carbonyl (C=O) groups is 1. The average Bonchev–Trinajstić information content (AvgIpc) is 3.09. The zero-order valence-electron chi connectivity index (χ0n) is 10.3. The van der Waals surface area contributed by atoms with Crippen LogP contribution >= 0.6 is 15.9 Å². The molecular weight excluding hydrogens is 310 g/mol. The Morgan fingerprint density at radius 1 is 1.42 bits per heavy atom. The number of amides is 1. The molecule has 0 aromatic carbocycles. The molecule has 0 saturated carbocycles. The van der Waals surface area contributed by atoms with Gasteiger partial charge in [-0.15, -0.1) is 0 Å². The Balaban J connectivity index is 1.75. The van der Waals surface area contributed by atoms with Crippen LogP contribution in [0.15, 0.2) is 22.9 Å². The third-order valence-corrected chi connectivity index (χ3v) is 4.08. The second kappa shape index (κ2) is 5.16. The number of hydrogen-bond acceptors (Lipinski definition) is 3. The van der Waals surface area contributed by atoms with Gasteiger partial charge in [0.05, 0.1) is 10.7 Å². The molecule has 2 aromatic rings. The van der Waals surface area contributed by atoms with E-state index in [9.17, 15) is 4.79 Å². The minimum absolute atomic E-state index is 0.00593. The van der Waals surface area contributed by atoms with Crippen molar-refractivity contribution in [1.29, 1.82) is 0 Å². The summed E-state index contributed by atoms with van der Waals surface area (Å²) >= 11 is 3.33. The van der Waals surface area contributed by atoms with Crippen molar-refractivity contribution < 1.29 is 4.79 Å². The Morgan fingerprint density at radius 3 is 3.00 bits per heavy atom. The standard InChI is InChI=1S/C12H14BrN5O/c13-9-6-15-17-11(9)12(19)18-5-1-2-8(7-18)10-3-4-14-16-10/h3-4,6,8H,1-2,5,7H2,(H,14,16)(H,15,17). The Kier molecular flexibility index (Phi) is 3.37. The van der Waals surface area contributed by atoms with Gasteiger partial charge in [0, 0.05) is 30.9 Å². The normalized spacial score (nSPS) is 19.6. The number of halogens is 1. The van der Waals surface area contributed by atoms with E-state index in [1.165, 1.54) is 0 Å². The number of rotatable bonds is 2. The van der Waals surface area contributed by atoms with E-state index in [-0.39, 0.29) is 5.91 Å². The van der Waals surface area contributed by atoms with Crippen LogP contribution in [-0.2, 0) is 0 Å². The monoisotopic (exact) mass is 323 g/mol. The topological polar surface area (TPSA) is 77.7 Å². The molecule has 1 saturated heterocycles. The van der Waals surface area contributed by atoms with E-state index < -0.39 is 0 Å². The summed E-state index contributed by atoms with van der Waals surface area (Å²) in [4.78, 5) is 14.3. The summed E-state index contributed by atoms with van der Waals surface area (Å²) in [5, 5.41) is 13.6. The zero-order chi connectivity index (χ0) is 13.2. The highest BCUT2D eigenvalue weighted by atomic mass is 79.9. The van der Waals surface area contributed by atoms with Crippen molar-refractivity contribution in [2.24, 2.45) is 0 Å². The Morgan fingerprint density at radius 2 is 2.32 bits per heavy atom. The minimum atomic E-state index is -0.00593. The van der Waals surface area contributed by atoms with E-state index in [4.69, 9.17) is 0 Å². The first kappa shape index (κ1) is 12.4. The number of aromatic amines is 2. The molecule has 0 spiro atoms. The van der Waals surface area contributed by atoms with E-state index in [0.717, 1.165) is 25.1 Å². The molecule has 3 heterocycles. The Bertz CT molecular complexity index is 564. The third kappa shape index (κ3) is 2.42. The molecule has 19 heavy (non-hydrogen) atoms. The highest BCUT2D eigenvalue weighted by molar-refractivity contribution is 9.10. The predicted molar refractivity (Wildman–Crippen MR) is 72.8 cm³/mol. The van der Waals surface area contributed by atoms with Gasteiger partial charge in [0.2, 0.25) is 0 Å². The van der Waals surface area contributed by atoms with Gasteiger partial charge in [-0.05, 0) is 34.8 Å². The zero-order valence-corrected chi connectivity index (χ0v) is 11.9. The van der Waals surface area contributed by atoms with E-state index >= 15 is 0 Å². The van der Waals surface area contributed by atoms with Crippen LogP contribution in [0.5, 0.6) is 0 Å². The molecule has 7 heteroatoms. The maximum absolute atomic E-state index is 12.4. The molecule has 1 atom stereocenters. The summed E-state index contributed by atoms with van der Waals surface area (Å²) in [6.45, 7) is 1.50. The van der Waals surface area contributed by atoms with Crippen molar-refractivity contribution in [3.63, 3.8) is 0 Å². The third-order valence-electron chi connectivity index (χ3n) is 3.48. The molecule has 3 rings (SSSR count). The van der Waals surface area contributed by atoms with Crippen molar-refractivity contribution in [2.75, 3.05) is 13.1 Å². The van der Waals surface area contributed by atoms with Gasteiger partial charge in [-0.25, -0.2) is 0 Å². The molecule has 2 N–H and O–H groups in total. The maximum Gasteiger partial charge on any atom is 0.273 e. The van der Waals surface area contributed by atoms with E-state index in [1.807, 2.05) is 11.0 Å². The fraction of sp³-hybridized carbons (Fsp3) is 0.417. The number of piperidine rings is 1. The molecule has 100 valence electrons. The molecule has 0 aliphatic carbocycles. The molecule has 1 aliphatic heterocycles. The number of H-pyrrole nitrogens is 2. The summed E-state index contributed by atoms with van der Waals surface area (Å²) in [7, 11) is 0. The molecule has 1 aliphatic rings. The van der Waals surface area contributed by atoms with Crippen molar-refractivity contribution in [1.82, 2.24) is 25.3 Å². The average molecular weight is 324 g/mol. The maximum atomic E-state index is 12.4. The number of carbonyl (C=O) groups excluding carboxylic acids is 1.